The van der Waals surface area contributed by atoms with Crippen LogP contribution >= 0.6 is 12.4 Å². The Bertz CT molecular complexity index is 332. The first-order chi connectivity index (χ1) is 8.93. The highest BCUT2D eigenvalue weighted by Gasteiger charge is 2.45. The molecule has 2 atom stereocenters. The number of β-amino-alcohol motifs (C(OH)–C–C–N with tert-alkyl or cyclic N) is 1. The van der Waals surface area contributed by atoms with E-state index in [0.29, 0.717) is 13.1 Å². The van der Waals surface area contributed by atoms with E-state index in [0.717, 1.165) is 32.5 Å². The molecule has 0 aromatic heterocycles. The van der Waals surface area contributed by atoms with E-state index < -0.39 is 5.60 Å². The zero-order chi connectivity index (χ0) is 14.0. The van der Waals surface area contributed by atoms with Crippen molar-refractivity contribution in [3.05, 3.63) is 0 Å². The summed E-state index contributed by atoms with van der Waals surface area (Å²) >= 11 is 0. The average Bonchev–Trinajstić information content (AvgIpc) is 2.67. The lowest BCUT2D eigenvalue weighted by atomic mass is 9.82. The number of nitrogens with zero attached hydrogens (tertiary/aromatic N) is 2. The quantitative estimate of drug-likeness (QED) is 0.864. The first kappa shape index (κ1) is 17.7. The van der Waals surface area contributed by atoms with Crippen LogP contribution in [-0.2, 0) is 4.79 Å². The van der Waals surface area contributed by atoms with E-state index >= 15 is 0 Å². The maximum absolute atomic E-state index is 12.2. The van der Waals surface area contributed by atoms with Gasteiger partial charge >= 0.3 is 0 Å². The van der Waals surface area contributed by atoms with E-state index in [4.69, 9.17) is 0 Å². The lowest BCUT2D eigenvalue weighted by Gasteiger charge is -2.32. The number of amides is 1. The Hall–Kier alpha value is -0.320. The fourth-order valence-electron chi connectivity index (χ4n) is 3.43. The molecule has 1 N–H and O–H groups in total. The maximum Gasteiger partial charge on any atom is 0.236 e. The molecule has 2 heterocycles. The van der Waals surface area contributed by atoms with Crippen LogP contribution < -0.4 is 0 Å². The van der Waals surface area contributed by atoms with Gasteiger partial charge in [-0.05, 0) is 31.1 Å². The summed E-state index contributed by atoms with van der Waals surface area (Å²) in [5.74, 6) is 0.708. The van der Waals surface area contributed by atoms with Crippen molar-refractivity contribution in [1.82, 2.24) is 9.80 Å². The third-order valence-corrected chi connectivity index (χ3v) is 4.93. The highest BCUT2D eigenvalue weighted by atomic mass is 35.5. The Morgan fingerprint density at radius 1 is 1.30 bits per heavy atom. The van der Waals surface area contributed by atoms with Crippen molar-refractivity contribution in [1.29, 1.82) is 0 Å². The van der Waals surface area contributed by atoms with E-state index in [1.165, 1.54) is 6.42 Å². The summed E-state index contributed by atoms with van der Waals surface area (Å²) < 4.78 is 0. The number of hydrogen-bond donors (Lipinski definition) is 1. The van der Waals surface area contributed by atoms with Gasteiger partial charge in [0.05, 0.1) is 12.1 Å². The second-order valence-corrected chi connectivity index (χ2v) is 6.66. The van der Waals surface area contributed by atoms with Gasteiger partial charge in [-0.1, -0.05) is 20.8 Å². The first-order valence-corrected chi connectivity index (χ1v) is 7.66. The highest BCUT2D eigenvalue weighted by Crippen LogP contribution is 2.33. The highest BCUT2D eigenvalue weighted by molar-refractivity contribution is 5.85. The summed E-state index contributed by atoms with van der Waals surface area (Å²) in [6, 6.07) is 0. The average molecular weight is 305 g/mol. The van der Waals surface area contributed by atoms with Gasteiger partial charge in [-0.2, -0.15) is 0 Å². The smallest absolute Gasteiger partial charge is 0.236 e. The van der Waals surface area contributed by atoms with Gasteiger partial charge in [-0.25, -0.2) is 0 Å². The summed E-state index contributed by atoms with van der Waals surface area (Å²) in [6.45, 7) is 9.97. The van der Waals surface area contributed by atoms with Crippen LogP contribution in [0.3, 0.4) is 0 Å². The van der Waals surface area contributed by atoms with Gasteiger partial charge in [0.2, 0.25) is 5.91 Å². The number of piperidine rings is 1. The molecule has 0 saturated carbocycles. The molecule has 0 bridgehead atoms. The molecular weight excluding hydrogens is 276 g/mol. The monoisotopic (exact) mass is 304 g/mol. The van der Waals surface area contributed by atoms with Gasteiger partial charge in [0.1, 0.15) is 0 Å². The first-order valence-electron chi connectivity index (χ1n) is 7.66. The Kier molecular flexibility index (Phi) is 6.29. The van der Waals surface area contributed by atoms with Crippen molar-refractivity contribution in [2.45, 2.75) is 45.6 Å². The molecule has 1 amide bonds. The summed E-state index contributed by atoms with van der Waals surface area (Å²) in [6.07, 6.45) is 3.52. The number of carbonyl (C=O) groups excluding carboxylic acids is 1. The van der Waals surface area contributed by atoms with Gasteiger partial charge in [0, 0.05) is 26.2 Å². The van der Waals surface area contributed by atoms with Crippen molar-refractivity contribution in [3.63, 3.8) is 0 Å². The van der Waals surface area contributed by atoms with Crippen LogP contribution in [0.4, 0.5) is 0 Å². The Labute approximate surface area is 128 Å². The zero-order valence-corrected chi connectivity index (χ0v) is 13.8. The third-order valence-electron chi connectivity index (χ3n) is 4.93. The molecule has 0 aliphatic carbocycles. The molecule has 0 aromatic carbocycles. The van der Waals surface area contributed by atoms with Crippen LogP contribution in [0.15, 0.2) is 0 Å². The van der Waals surface area contributed by atoms with Gasteiger partial charge in [-0.3, -0.25) is 9.69 Å². The van der Waals surface area contributed by atoms with Crippen molar-refractivity contribution < 1.29 is 9.90 Å². The standard InChI is InChI=1S/C15H28N2O2.ClH/c1-12(2)15(19)11-16(9-13(15)3)10-14(18)17-7-5-4-6-8-17;/h12-13,19H,4-11H2,1-3H3;1H/t13-,15-;/m1./s1. The number of rotatable bonds is 3. The molecule has 20 heavy (non-hydrogen) atoms. The molecule has 4 nitrogen and oxygen atoms in total. The second kappa shape index (κ2) is 7.10. The largest absolute Gasteiger partial charge is 0.388 e. The van der Waals surface area contributed by atoms with Gasteiger partial charge in [-0.15, -0.1) is 12.4 Å². The van der Waals surface area contributed by atoms with Crippen LogP contribution in [0.25, 0.3) is 0 Å². The summed E-state index contributed by atoms with van der Waals surface area (Å²) in [5, 5.41) is 10.7. The topological polar surface area (TPSA) is 43.8 Å². The van der Waals surface area contributed by atoms with E-state index in [1.54, 1.807) is 0 Å². The molecule has 2 aliphatic heterocycles. The number of likely N-dealkylation sites (tertiary alicyclic amines) is 2. The zero-order valence-electron chi connectivity index (χ0n) is 13.0. The van der Waals surface area contributed by atoms with Crippen molar-refractivity contribution in [2.75, 3.05) is 32.7 Å². The molecular formula is C15H29ClN2O2. The van der Waals surface area contributed by atoms with E-state index in [1.807, 2.05) is 4.90 Å². The number of halogens is 1. The summed E-state index contributed by atoms with van der Waals surface area (Å²) in [4.78, 5) is 16.4. The molecule has 2 rings (SSSR count). The van der Waals surface area contributed by atoms with Crippen LogP contribution in [0.2, 0.25) is 0 Å². The molecule has 2 aliphatic rings. The number of carbonyl (C=O) groups is 1. The second-order valence-electron chi connectivity index (χ2n) is 6.66. The maximum atomic E-state index is 12.2. The number of aliphatic hydroxyl groups is 1. The molecule has 2 saturated heterocycles. The van der Waals surface area contributed by atoms with Crippen LogP contribution in [0, 0.1) is 11.8 Å². The van der Waals surface area contributed by atoms with Crippen molar-refractivity contribution in [2.24, 2.45) is 11.8 Å². The Balaban J connectivity index is 0.00000200. The molecule has 0 unspecified atom stereocenters. The fraction of sp³-hybridized carbons (Fsp3) is 0.933. The molecule has 2 fully saturated rings. The normalized spacial score (nSPS) is 31.4. The number of hydrogen-bond acceptors (Lipinski definition) is 3. The van der Waals surface area contributed by atoms with E-state index in [-0.39, 0.29) is 30.2 Å². The lowest BCUT2D eigenvalue weighted by Crippen LogP contribution is -2.45. The molecule has 0 aromatic rings. The van der Waals surface area contributed by atoms with E-state index in [2.05, 4.69) is 25.7 Å². The Morgan fingerprint density at radius 2 is 1.90 bits per heavy atom. The van der Waals surface area contributed by atoms with E-state index in [9.17, 15) is 9.90 Å². The van der Waals surface area contributed by atoms with Gasteiger partial charge < -0.3 is 10.0 Å². The van der Waals surface area contributed by atoms with Crippen molar-refractivity contribution in [3.8, 4) is 0 Å². The minimum absolute atomic E-state index is 0. The predicted octanol–water partition coefficient (Wildman–Crippen LogP) is 1.76. The van der Waals surface area contributed by atoms with Crippen LogP contribution in [0.5, 0.6) is 0 Å². The minimum Gasteiger partial charge on any atom is -0.388 e. The fourth-order valence-corrected chi connectivity index (χ4v) is 3.43. The summed E-state index contributed by atoms with van der Waals surface area (Å²) in [7, 11) is 0. The molecule has 0 radical (unpaired) electrons. The lowest BCUT2D eigenvalue weighted by molar-refractivity contribution is -0.133. The van der Waals surface area contributed by atoms with Crippen molar-refractivity contribution >= 4 is 18.3 Å². The van der Waals surface area contributed by atoms with Gasteiger partial charge in [0.25, 0.3) is 0 Å². The van der Waals surface area contributed by atoms with Gasteiger partial charge in [0.15, 0.2) is 0 Å². The Morgan fingerprint density at radius 3 is 2.40 bits per heavy atom. The predicted molar refractivity (Wildman–Crippen MR) is 83.1 cm³/mol. The SMILES string of the molecule is CC(C)[C@]1(O)CN(CC(=O)N2CCCCC2)C[C@H]1C.Cl. The van der Waals surface area contributed by atoms with Crippen LogP contribution in [0.1, 0.15) is 40.0 Å². The summed E-state index contributed by atoms with van der Waals surface area (Å²) in [5.41, 5.74) is -0.637. The molecule has 0 spiro atoms. The minimum atomic E-state index is -0.637. The third kappa shape index (κ3) is 3.66. The molecule has 118 valence electrons. The van der Waals surface area contributed by atoms with Crippen LogP contribution in [-0.4, -0.2) is 59.1 Å². The molecule has 5 heteroatoms.